The smallest absolute Gasteiger partial charge is 0.325 e. The van der Waals surface area contributed by atoms with Gasteiger partial charge in [0.2, 0.25) is 5.13 Å². The van der Waals surface area contributed by atoms with Crippen LogP contribution in [0.4, 0.5) is 15.6 Å². The molecular weight excluding hydrogens is 336 g/mol. The average molecular weight is 352 g/mol. The molecule has 0 aliphatic carbocycles. The Morgan fingerprint density at radius 3 is 2.65 bits per heavy atom. The summed E-state index contributed by atoms with van der Waals surface area (Å²) >= 11 is 2.48. The third kappa shape index (κ3) is 5.22. The number of para-hydroxylation sites is 1. The summed E-state index contributed by atoms with van der Waals surface area (Å²) < 4.78 is 5.32. The molecule has 1 aromatic heterocycles. The SMILES string of the molecule is CC[C@H](Sc1nnc(NC(=O)Nc2ccccc2)s1)C(=O)OC. The van der Waals surface area contributed by atoms with Crippen LogP contribution in [-0.4, -0.2) is 34.6 Å². The van der Waals surface area contributed by atoms with Crippen molar-refractivity contribution in [3.05, 3.63) is 30.3 Å². The lowest BCUT2D eigenvalue weighted by atomic mass is 10.3. The van der Waals surface area contributed by atoms with E-state index >= 15 is 0 Å². The summed E-state index contributed by atoms with van der Waals surface area (Å²) in [5, 5.41) is 13.2. The van der Waals surface area contributed by atoms with Crippen molar-refractivity contribution < 1.29 is 14.3 Å². The third-order valence-corrected chi connectivity index (χ3v) is 5.00. The van der Waals surface area contributed by atoms with E-state index in [1.807, 2.05) is 25.1 Å². The molecule has 0 unspecified atom stereocenters. The van der Waals surface area contributed by atoms with E-state index in [0.717, 1.165) is 0 Å². The van der Waals surface area contributed by atoms with Crippen molar-refractivity contribution in [2.24, 2.45) is 0 Å². The summed E-state index contributed by atoms with van der Waals surface area (Å²) in [5.41, 5.74) is 0.681. The largest absolute Gasteiger partial charge is 0.468 e. The fourth-order valence-corrected chi connectivity index (χ4v) is 3.58. The Hall–Kier alpha value is -2.13. The summed E-state index contributed by atoms with van der Waals surface area (Å²) in [7, 11) is 1.35. The van der Waals surface area contributed by atoms with Crippen molar-refractivity contribution in [2.45, 2.75) is 22.9 Å². The first-order chi connectivity index (χ1) is 11.1. The average Bonchev–Trinajstić information content (AvgIpc) is 2.99. The molecule has 0 bridgehead atoms. The number of esters is 1. The predicted molar refractivity (Wildman–Crippen MR) is 90.9 cm³/mol. The standard InChI is InChI=1S/C14H16N4O3S2/c1-3-10(11(19)21-2)22-14-18-17-13(23-14)16-12(20)15-9-7-5-4-6-8-9/h4-8,10H,3H2,1-2H3,(H2,15,16,17,20)/t10-/m0/s1. The fraction of sp³-hybridized carbons (Fsp3) is 0.286. The van der Waals surface area contributed by atoms with Gasteiger partial charge in [-0.25, -0.2) is 4.79 Å². The number of aromatic nitrogens is 2. The number of nitrogens with zero attached hydrogens (tertiary/aromatic N) is 2. The molecule has 0 aliphatic rings. The van der Waals surface area contributed by atoms with E-state index in [1.165, 1.54) is 30.2 Å². The monoisotopic (exact) mass is 352 g/mol. The van der Waals surface area contributed by atoms with Gasteiger partial charge in [0, 0.05) is 5.69 Å². The number of methoxy groups -OCH3 is 1. The van der Waals surface area contributed by atoms with Crippen LogP contribution in [0.25, 0.3) is 0 Å². The molecule has 0 saturated heterocycles. The van der Waals surface area contributed by atoms with Gasteiger partial charge in [0.1, 0.15) is 5.25 Å². The van der Waals surface area contributed by atoms with Gasteiger partial charge in [-0.1, -0.05) is 48.2 Å². The second-order valence-electron chi connectivity index (χ2n) is 4.36. The molecule has 7 nitrogen and oxygen atoms in total. The Balaban J connectivity index is 1.91. The van der Waals surface area contributed by atoms with E-state index in [1.54, 1.807) is 12.1 Å². The molecule has 2 rings (SSSR count). The second kappa shape index (κ2) is 8.49. The number of rotatable bonds is 6. The number of carbonyl (C=O) groups is 2. The van der Waals surface area contributed by atoms with Crippen molar-refractivity contribution in [3.8, 4) is 0 Å². The number of carbonyl (C=O) groups excluding carboxylic acids is 2. The molecule has 1 aromatic carbocycles. The van der Waals surface area contributed by atoms with Crippen molar-refractivity contribution in [2.75, 3.05) is 17.7 Å². The molecule has 0 fully saturated rings. The Morgan fingerprint density at radius 1 is 1.26 bits per heavy atom. The van der Waals surface area contributed by atoms with Gasteiger partial charge in [0.15, 0.2) is 4.34 Å². The maximum atomic E-state index is 11.9. The number of anilines is 2. The van der Waals surface area contributed by atoms with Crippen molar-refractivity contribution >= 4 is 45.9 Å². The first-order valence-corrected chi connectivity index (χ1v) is 8.53. The van der Waals surface area contributed by atoms with E-state index < -0.39 is 6.03 Å². The Labute approximate surface area is 141 Å². The zero-order valence-electron chi connectivity index (χ0n) is 12.6. The van der Waals surface area contributed by atoms with Gasteiger partial charge >= 0.3 is 12.0 Å². The molecule has 1 heterocycles. The normalized spacial score (nSPS) is 11.6. The molecule has 23 heavy (non-hydrogen) atoms. The van der Waals surface area contributed by atoms with E-state index in [4.69, 9.17) is 4.74 Å². The number of hydrogen-bond acceptors (Lipinski definition) is 7. The third-order valence-electron chi connectivity index (χ3n) is 2.74. The molecule has 0 saturated carbocycles. The minimum Gasteiger partial charge on any atom is -0.468 e. The number of ether oxygens (including phenoxy) is 1. The molecule has 1 atom stereocenters. The van der Waals surface area contributed by atoms with E-state index in [9.17, 15) is 9.59 Å². The van der Waals surface area contributed by atoms with Crippen LogP contribution in [0.3, 0.4) is 0 Å². The van der Waals surface area contributed by atoms with Crippen LogP contribution in [0.15, 0.2) is 34.7 Å². The van der Waals surface area contributed by atoms with Gasteiger partial charge in [-0.05, 0) is 18.6 Å². The molecule has 0 aliphatic heterocycles. The minimum atomic E-state index is -0.399. The number of hydrogen-bond donors (Lipinski definition) is 2. The Kier molecular flexibility index (Phi) is 6.36. The van der Waals surface area contributed by atoms with Crippen LogP contribution in [-0.2, 0) is 9.53 Å². The highest BCUT2D eigenvalue weighted by atomic mass is 32.2. The van der Waals surface area contributed by atoms with Crippen molar-refractivity contribution in [1.29, 1.82) is 0 Å². The summed E-state index contributed by atoms with van der Waals surface area (Å²) in [5.74, 6) is -0.302. The maximum Gasteiger partial charge on any atom is 0.325 e. The summed E-state index contributed by atoms with van der Waals surface area (Å²) in [6, 6.07) is 8.68. The van der Waals surface area contributed by atoms with E-state index in [2.05, 4.69) is 20.8 Å². The van der Waals surface area contributed by atoms with Gasteiger partial charge in [0.05, 0.1) is 7.11 Å². The topological polar surface area (TPSA) is 93.2 Å². The van der Waals surface area contributed by atoms with E-state index in [0.29, 0.717) is 21.6 Å². The number of urea groups is 1. The Morgan fingerprint density at radius 2 is 2.00 bits per heavy atom. The van der Waals surface area contributed by atoms with Crippen molar-refractivity contribution in [1.82, 2.24) is 10.2 Å². The van der Waals surface area contributed by atoms with Gasteiger partial charge < -0.3 is 10.1 Å². The lowest BCUT2D eigenvalue weighted by molar-refractivity contribution is -0.140. The lowest BCUT2D eigenvalue weighted by Gasteiger charge is -2.08. The van der Waals surface area contributed by atoms with Crippen LogP contribution in [0, 0.1) is 0 Å². The second-order valence-corrected chi connectivity index (χ2v) is 6.78. The molecule has 0 radical (unpaired) electrons. The van der Waals surface area contributed by atoms with Crippen LogP contribution in [0.1, 0.15) is 13.3 Å². The number of benzene rings is 1. The Bertz CT molecular complexity index is 663. The highest BCUT2D eigenvalue weighted by Crippen LogP contribution is 2.30. The van der Waals surface area contributed by atoms with E-state index in [-0.39, 0.29) is 11.2 Å². The van der Waals surface area contributed by atoms with Crippen LogP contribution >= 0.6 is 23.1 Å². The number of amides is 2. The number of nitrogens with one attached hydrogen (secondary N) is 2. The van der Waals surface area contributed by atoms with Gasteiger partial charge in [0.25, 0.3) is 0 Å². The zero-order valence-corrected chi connectivity index (χ0v) is 14.2. The number of thioether (sulfide) groups is 1. The molecule has 0 spiro atoms. The molecule has 122 valence electrons. The first kappa shape index (κ1) is 17.2. The maximum absolute atomic E-state index is 11.9. The van der Waals surface area contributed by atoms with Crippen LogP contribution in [0.5, 0.6) is 0 Å². The van der Waals surface area contributed by atoms with Gasteiger partial charge in [-0.2, -0.15) is 0 Å². The predicted octanol–water partition coefficient (Wildman–Crippen LogP) is 3.23. The summed E-state index contributed by atoms with van der Waals surface area (Å²) in [6.07, 6.45) is 0.619. The quantitative estimate of drug-likeness (QED) is 0.471. The lowest BCUT2D eigenvalue weighted by Crippen LogP contribution is -2.19. The molecular formula is C14H16N4O3S2. The molecule has 2 aromatic rings. The molecule has 2 amide bonds. The fourth-order valence-electron chi connectivity index (χ4n) is 1.64. The van der Waals surface area contributed by atoms with Gasteiger partial charge in [-0.3, -0.25) is 10.1 Å². The zero-order chi connectivity index (χ0) is 16.7. The summed E-state index contributed by atoms with van der Waals surface area (Å²) in [6.45, 7) is 1.89. The van der Waals surface area contributed by atoms with Crippen molar-refractivity contribution in [3.63, 3.8) is 0 Å². The van der Waals surface area contributed by atoms with Crippen LogP contribution < -0.4 is 10.6 Å². The first-order valence-electron chi connectivity index (χ1n) is 6.83. The minimum absolute atomic E-state index is 0.302. The highest BCUT2D eigenvalue weighted by molar-refractivity contribution is 8.02. The molecule has 9 heteroatoms. The highest BCUT2D eigenvalue weighted by Gasteiger charge is 2.21. The summed E-state index contributed by atoms with van der Waals surface area (Å²) in [4.78, 5) is 23.4. The van der Waals surface area contributed by atoms with Crippen LogP contribution in [0.2, 0.25) is 0 Å². The molecule has 2 N–H and O–H groups in total. The van der Waals surface area contributed by atoms with Gasteiger partial charge in [-0.15, -0.1) is 10.2 Å².